The van der Waals surface area contributed by atoms with Gasteiger partial charge in [-0.15, -0.1) is 0 Å². The van der Waals surface area contributed by atoms with Gasteiger partial charge in [-0.2, -0.15) is 0 Å². The first-order valence-electron chi connectivity index (χ1n) is 9.76. The van der Waals surface area contributed by atoms with Crippen molar-refractivity contribution in [2.45, 2.75) is 31.7 Å². The van der Waals surface area contributed by atoms with Gasteiger partial charge in [-0.25, -0.2) is 4.39 Å². The van der Waals surface area contributed by atoms with Gasteiger partial charge in [-0.05, 0) is 48.6 Å². The van der Waals surface area contributed by atoms with Crippen molar-refractivity contribution in [3.05, 3.63) is 89.9 Å². The van der Waals surface area contributed by atoms with E-state index >= 15 is 0 Å². The Bertz CT molecular complexity index is 940. The van der Waals surface area contributed by atoms with Gasteiger partial charge in [0, 0.05) is 18.3 Å². The maximum atomic E-state index is 14.0. The van der Waals surface area contributed by atoms with Crippen LogP contribution in [0.2, 0.25) is 0 Å². The number of amides is 1. The topological polar surface area (TPSA) is 33.2 Å². The van der Waals surface area contributed by atoms with Crippen molar-refractivity contribution in [1.29, 1.82) is 0 Å². The standard InChI is InChI=1S/C24H23FN2O/c25-21-11-5-4-10-20(21)22-14-13-19(17-26-22)23-12-6-7-15-27(23)24(28)16-18-8-2-1-3-9-18/h1-5,8-11,13-14,17,23H,6-7,12,15-16H2. The smallest absolute Gasteiger partial charge is 0.227 e. The van der Waals surface area contributed by atoms with Crippen LogP contribution in [-0.2, 0) is 11.2 Å². The summed E-state index contributed by atoms with van der Waals surface area (Å²) in [5, 5.41) is 0. The number of carbonyl (C=O) groups is 1. The number of likely N-dealkylation sites (tertiary alicyclic amines) is 1. The van der Waals surface area contributed by atoms with Gasteiger partial charge in [-0.3, -0.25) is 9.78 Å². The SMILES string of the molecule is O=C(Cc1ccccc1)N1CCCCC1c1ccc(-c2ccccc2F)nc1. The molecule has 0 N–H and O–H groups in total. The molecule has 1 aromatic heterocycles. The average Bonchev–Trinajstić information content (AvgIpc) is 2.75. The summed E-state index contributed by atoms with van der Waals surface area (Å²) in [5.41, 5.74) is 3.15. The van der Waals surface area contributed by atoms with Gasteiger partial charge in [0.15, 0.2) is 0 Å². The summed E-state index contributed by atoms with van der Waals surface area (Å²) in [6, 6.07) is 20.4. The molecule has 2 heterocycles. The normalized spacial score (nSPS) is 16.8. The van der Waals surface area contributed by atoms with Gasteiger partial charge in [0.25, 0.3) is 0 Å². The lowest BCUT2D eigenvalue weighted by atomic mass is 9.95. The van der Waals surface area contributed by atoms with E-state index in [2.05, 4.69) is 4.98 Å². The molecule has 1 saturated heterocycles. The van der Waals surface area contributed by atoms with Crippen LogP contribution in [0.1, 0.15) is 36.4 Å². The molecule has 1 atom stereocenters. The second-order valence-electron chi connectivity index (χ2n) is 7.22. The first-order valence-corrected chi connectivity index (χ1v) is 9.76. The summed E-state index contributed by atoms with van der Waals surface area (Å²) >= 11 is 0. The Balaban J connectivity index is 1.54. The van der Waals surface area contributed by atoms with Gasteiger partial charge in [0.2, 0.25) is 5.91 Å². The molecule has 0 radical (unpaired) electrons. The second kappa shape index (κ2) is 8.34. The number of aromatic nitrogens is 1. The number of hydrogen-bond acceptors (Lipinski definition) is 2. The van der Waals surface area contributed by atoms with E-state index < -0.39 is 0 Å². The van der Waals surface area contributed by atoms with E-state index in [1.54, 1.807) is 24.4 Å². The fourth-order valence-electron chi connectivity index (χ4n) is 3.88. The first kappa shape index (κ1) is 18.4. The quantitative estimate of drug-likeness (QED) is 0.630. The van der Waals surface area contributed by atoms with Crippen LogP contribution in [0.3, 0.4) is 0 Å². The first-order chi connectivity index (χ1) is 13.7. The Morgan fingerprint density at radius 2 is 1.79 bits per heavy atom. The van der Waals surface area contributed by atoms with E-state index in [0.717, 1.165) is 36.9 Å². The predicted octanol–water partition coefficient (Wildman–Crippen LogP) is 5.18. The molecule has 1 amide bonds. The van der Waals surface area contributed by atoms with E-state index in [1.807, 2.05) is 47.4 Å². The molecule has 1 unspecified atom stereocenters. The van der Waals surface area contributed by atoms with E-state index in [4.69, 9.17) is 0 Å². The van der Waals surface area contributed by atoms with Crippen LogP contribution < -0.4 is 0 Å². The predicted molar refractivity (Wildman–Crippen MR) is 108 cm³/mol. The molecule has 1 aliphatic heterocycles. The maximum Gasteiger partial charge on any atom is 0.227 e. The minimum atomic E-state index is -0.278. The van der Waals surface area contributed by atoms with Crippen molar-refractivity contribution < 1.29 is 9.18 Å². The highest BCUT2D eigenvalue weighted by molar-refractivity contribution is 5.79. The zero-order valence-corrected chi connectivity index (χ0v) is 15.7. The number of carbonyl (C=O) groups excluding carboxylic acids is 1. The summed E-state index contributed by atoms with van der Waals surface area (Å²) in [5.74, 6) is -0.130. The number of piperidine rings is 1. The molecule has 1 aliphatic rings. The minimum absolute atomic E-state index is 0.0344. The highest BCUT2D eigenvalue weighted by atomic mass is 19.1. The van der Waals surface area contributed by atoms with Crippen LogP contribution in [0.25, 0.3) is 11.3 Å². The summed E-state index contributed by atoms with van der Waals surface area (Å²) < 4.78 is 14.0. The molecule has 3 aromatic rings. The third-order valence-corrected chi connectivity index (χ3v) is 5.34. The molecule has 2 aromatic carbocycles. The molecule has 1 fully saturated rings. The van der Waals surface area contributed by atoms with E-state index in [0.29, 0.717) is 17.7 Å². The van der Waals surface area contributed by atoms with Crippen LogP contribution in [0.15, 0.2) is 72.9 Å². The molecular weight excluding hydrogens is 351 g/mol. The highest BCUT2D eigenvalue weighted by Crippen LogP contribution is 2.32. The summed E-state index contributed by atoms with van der Waals surface area (Å²) in [7, 11) is 0. The Morgan fingerprint density at radius 3 is 2.54 bits per heavy atom. The van der Waals surface area contributed by atoms with Crippen molar-refractivity contribution in [3.63, 3.8) is 0 Å². The van der Waals surface area contributed by atoms with Gasteiger partial charge >= 0.3 is 0 Å². The van der Waals surface area contributed by atoms with E-state index in [9.17, 15) is 9.18 Å². The van der Waals surface area contributed by atoms with Crippen LogP contribution >= 0.6 is 0 Å². The Hall–Kier alpha value is -3.01. The van der Waals surface area contributed by atoms with Gasteiger partial charge < -0.3 is 4.90 Å². The number of halogens is 1. The molecule has 0 saturated carbocycles. The van der Waals surface area contributed by atoms with Crippen molar-refractivity contribution >= 4 is 5.91 Å². The number of rotatable bonds is 4. The van der Waals surface area contributed by atoms with Crippen LogP contribution in [-0.4, -0.2) is 22.3 Å². The molecule has 4 rings (SSSR count). The molecule has 0 bridgehead atoms. The zero-order valence-electron chi connectivity index (χ0n) is 15.7. The van der Waals surface area contributed by atoms with Gasteiger partial charge in [0.05, 0.1) is 18.2 Å². The molecule has 0 aliphatic carbocycles. The molecule has 4 heteroatoms. The molecule has 142 valence electrons. The molecule has 3 nitrogen and oxygen atoms in total. The fourth-order valence-corrected chi connectivity index (χ4v) is 3.88. The molecular formula is C24H23FN2O. The summed E-state index contributed by atoms with van der Waals surface area (Å²) in [6.07, 6.45) is 5.26. The lowest BCUT2D eigenvalue weighted by Crippen LogP contribution is -2.39. The third-order valence-electron chi connectivity index (χ3n) is 5.34. The summed E-state index contributed by atoms with van der Waals surface area (Å²) in [4.78, 5) is 19.4. The largest absolute Gasteiger partial charge is 0.335 e. The van der Waals surface area contributed by atoms with Crippen LogP contribution in [0.4, 0.5) is 4.39 Å². The highest BCUT2D eigenvalue weighted by Gasteiger charge is 2.28. The van der Waals surface area contributed by atoms with E-state index in [-0.39, 0.29) is 17.8 Å². The lowest BCUT2D eigenvalue weighted by molar-refractivity contribution is -0.134. The van der Waals surface area contributed by atoms with Gasteiger partial charge in [-0.1, -0.05) is 48.5 Å². The van der Waals surface area contributed by atoms with Crippen molar-refractivity contribution in [3.8, 4) is 11.3 Å². The maximum absolute atomic E-state index is 14.0. The van der Waals surface area contributed by atoms with Crippen LogP contribution in [0, 0.1) is 5.82 Å². The van der Waals surface area contributed by atoms with E-state index in [1.165, 1.54) is 6.07 Å². The average molecular weight is 374 g/mol. The number of pyridine rings is 1. The van der Waals surface area contributed by atoms with Gasteiger partial charge in [0.1, 0.15) is 5.82 Å². The van der Waals surface area contributed by atoms with Crippen molar-refractivity contribution in [2.75, 3.05) is 6.54 Å². The number of benzene rings is 2. The van der Waals surface area contributed by atoms with Crippen molar-refractivity contribution in [2.24, 2.45) is 0 Å². The second-order valence-corrected chi connectivity index (χ2v) is 7.22. The number of hydrogen-bond donors (Lipinski definition) is 0. The van der Waals surface area contributed by atoms with Crippen LogP contribution in [0.5, 0.6) is 0 Å². The number of nitrogens with zero attached hydrogens (tertiary/aromatic N) is 2. The molecule has 28 heavy (non-hydrogen) atoms. The monoisotopic (exact) mass is 374 g/mol. The summed E-state index contributed by atoms with van der Waals surface area (Å²) in [6.45, 7) is 0.769. The third kappa shape index (κ3) is 3.96. The molecule has 0 spiro atoms. The zero-order chi connectivity index (χ0) is 19.3. The Morgan fingerprint density at radius 1 is 1.00 bits per heavy atom. The van der Waals surface area contributed by atoms with Crippen molar-refractivity contribution in [1.82, 2.24) is 9.88 Å². The minimum Gasteiger partial charge on any atom is -0.335 e. The fraction of sp³-hybridized carbons (Fsp3) is 0.250. The Kier molecular flexibility index (Phi) is 5.47. The Labute approximate surface area is 164 Å². The lowest BCUT2D eigenvalue weighted by Gasteiger charge is -2.36.